The molecule has 2 nitrogen and oxygen atoms in total. The minimum atomic E-state index is 0.900. The molecule has 43 heavy (non-hydrogen) atoms. The van der Waals surface area contributed by atoms with E-state index < -0.39 is 0 Å². The second-order valence-corrected chi connectivity index (χ2v) is 12.1. The average molecular weight is 568 g/mol. The largest absolute Gasteiger partial charge is 0.456 e. The molecule has 0 atom stereocenters. The number of para-hydroxylation sites is 2. The molecule has 0 aliphatic rings. The van der Waals surface area contributed by atoms with Crippen LogP contribution >= 0.6 is 11.3 Å². The van der Waals surface area contributed by atoms with Crippen molar-refractivity contribution in [2.45, 2.75) is 0 Å². The van der Waals surface area contributed by atoms with E-state index in [0.717, 1.165) is 39.0 Å². The van der Waals surface area contributed by atoms with Crippen LogP contribution in [0.3, 0.4) is 0 Å². The van der Waals surface area contributed by atoms with Crippen molar-refractivity contribution in [1.82, 2.24) is 0 Å². The summed E-state index contributed by atoms with van der Waals surface area (Å²) in [6.45, 7) is 0. The predicted octanol–water partition coefficient (Wildman–Crippen LogP) is 12.2. The number of furan rings is 1. The molecule has 0 aliphatic heterocycles. The normalized spacial score (nSPS) is 11.7. The molecule has 202 valence electrons. The van der Waals surface area contributed by atoms with E-state index in [2.05, 4.69) is 144 Å². The van der Waals surface area contributed by atoms with Crippen molar-refractivity contribution in [3.05, 3.63) is 152 Å². The Labute approximate surface area is 252 Å². The smallest absolute Gasteiger partial charge is 0.135 e. The molecule has 2 heterocycles. The summed E-state index contributed by atoms with van der Waals surface area (Å²) >= 11 is 1.87. The molecule has 0 spiro atoms. The third-order valence-corrected chi connectivity index (χ3v) is 9.56. The maximum absolute atomic E-state index is 6.12. The Hall–Kier alpha value is -5.38. The van der Waals surface area contributed by atoms with E-state index in [1.807, 2.05) is 23.5 Å². The van der Waals surface area contributed by atoms with Crippen LogP contribution in [0.5, 0.6) is 0 Å². The van der Waals surface area contributed by atoms with Crippen molar-refractivity contribution in [3.8, 4) is 11.1 Å². The Morgan fingerprint density at radius 2 is 1.09 bits per heavy atom. The van der Waals surface area contributed by atoms with Gasteiger partial charge in [-0.25, -0.2) is 0 Å². The van der Waals surface area contributed by atoms with Crippen molar-refractivity contribution in [2.75, 3.05) is 4.90 Å². The van der Waals surface area contributed by atoms with Crippen LogP contribution in [0, 0.1) is 0 Å². The van der Waals surface area contributed by atoms with Gasteiger partial charge in [-0.1, -0.05) is 78.9 Å². The summed E-state index contributed by atoms with van der Waals surface area (Å²) < 4.78 is 8.80. The van der Waals surface area contributed by atoms with Crippen LogP contribution in [0.15, 0.2) is 156 Å². The van der Waals surface area contributed by atoms with Crippen molar-refractivity contribution in [3.63, 3.8) is 0 Å². The SMILES string of the molecule is c1ccc(N(c2ccc(-c3ccc4cc5sc6ccccc6c5cc4c3)cc2)c2ccc3oc4ccccc4c3c2)cc1. The van der Waals surface area contributed by atoms with Crippen LogP contribution in [0.4, 0.5) is 17.1 Å². The molecule has 0 unspecified atom stereocenters. The first-order chi connectivity index (χ1) is 21.3. The molecule has 0 bridgehead atoms. The van der Waals surface area contributed by atoms with E-state index in [1.165, 1.54) is 42.1 Å². The summed E-state index contributed by atoms with van der Waals surface area (Å²) in [6.07, 6.45) is 0. The highest BCUT2D eigenvalue weighted by Gasteiger charge is 2.15. The van der Waals surface area contributed by atoms with E-state index in [9.17, 15) is 0 Å². The van der Waals surface area contributed by atoms with E-state index in [1.54, 1.807) is 0 Å². The number of hydrogen-bond acceptors (Lipinski definition) is 3. The van der Waals surface area contributed by atoms with Crippen molar-refractivity contribution >= 4 is 81.3 Å². The molecule has 9 rings (SSSR count). The molecule has 0 saturated heterocycles. The zero-order valence-corrected chi connectivity index (χ0v) is 24.0. The lowest BCUT2D eigenvalue weighted by atomic mass is 9.99. The number of anilines is 3. The molecule has 0 N–H and O–H groups in total. The quantitative estimate of drug-likeness (QED) is 0.210. The van der Waals surface area contributed by atoms with Gasteiger partial charge < -0.3 is 9.32 Å². The van der Waals surface area contributed by atoms with Crippen LogP contribution in [0.1, 0.15) is 0 Å². The molecule has 0 saturated carbocycles. The first-order valence-electron chi connectivity index (χ1n) is 14.5. The van der Waals surface area contributed by atoms with Gasteiger partial charge in [0.05, 0.1) is 0 Å². The molecule has 9 aromatic rings. The Bertz CT molecular complexity index is 2450. The number of nitrogens with zero attached hydrogens (tertiary/aromatic N) is 1. The predicted molar refractivity (Wildman–Crippen MR) is 184 cm³/mol. The molecule has 2 aromatic heterocycles. The zero-order valence-electron chi connectivity index (χ0n) is 23.2. The van der Waals surface area contributed by atoms with Crippen LogP contribution in [-0.4, -0.2) is 0 Å². The van der Waals surface area contributed by atoms with Gasteiger partial charge in [0.15, 0.2) is 0 Å². The van der Waals surface area contributed by atoms with E-state index >= 15 is 0 Å². The molecular weight excluding hydrogens is 543 g/mol. The van der Waals surface area contributed by atoms with E-state index in [0.29, 0.717) is 0 Å². The zero-order chi connectivity index (χ0) is 28.3. The van der Waals surface area contributed by atoms with Crippen LogP contribution < -0.4 is 4.90 Å². The lowest BCUT2D eigenvalue weighted by molar-refractivity contribution is 0.669. The first kappa shape index (κ1) is 24.2. The summed E-state index contributed by atoms with van der Waals surface area (Å²) in [5.74, 6) is 0. The lowest BCUT2D eigenvalue weighted by Gasteiger charge is -2.25. The minimum absolute atomic E-state index is 0.900. The molecule has 7 aromatic carbocycles. The fourth-order valence-corrected chi connectivity index (χ4v) is 7.46. The van der Waals surface area contributed by atoms with Gasteiger partial charge in [0.2, 0.25) is 0 Å². The van der Waals surface area contributed by atoms with Crippen molar-refractivity contribution in [2.24, 2.45) is 0 Å². The van der Waals surface area contributed by atoms with Gasteiger partial charge in [0.25, 0.3) is 0 Å². The maximum Gasteiger partial charge on any atom is 0.135 e. The number of thiophene rings is 1. The highest BCUT2D eigenvalue weighted by atomic mass is 32.1. The third-order valence-electron chi connectivity index (χ3n) is 8.43. The maximum atomic E-state index is 6.12. The standard InChI is InChI=1S/C40H25NOS/c1-2-8-30(9-3-1)41(32-20-21-38-35(25-32)33-10-4-6-12-37(33)42-38)31-18-16-26(17-19-31)27-14-15-28-24-40-36(23-29(28)22-27)34-11-5-7-13-39(34)43-40/h1-25H. The molecule has 3 heteroatoms. The Morgan fingerprint density at radius 1 is 0.395 bits per heavy atom. The summed E-state index contributed by atoms with van der Waals surface area (Å²) in [5, 5.41) is 7.46. The van der Waals surface area contributed by atoms with Gasteiger partial charge in [-0.05, 0) is 94.7 Å². The van der Waals surface area contributed by atoms with Crippen molar-refractivity contribution < 1.29 is 4.42 Å². The fraction of sp³-hybridized carbons (Fsp3) is 0. The van der Waals surface area contributed by atoms with Crippen LogP contribution in [0.2, 0.25) is 0 Å². The van der Waals surface area contributed by atoms with Gasteiger partial charge in [0, 0.05) is 48.0 Å². The Balaban J connectivity index is 1.13. The Kier molecular flexibility index (Phi) is 5.40. The van der Waals surface area contributed by atoms with Gasteiger partial charge in [-0.15, -0.1) is 11.3 Å². The summed E-state index contributed by atoms with van der Waals surface area (Å²) in [5.41, 5.74) is 7.54. The second-order valence-electron chi connectivity index (χ2n) is 11.0. The van der Waals surface area contributed by atoms with E-state index in [4.69, 9.17) is 4.42 Å². The van der Waals surface area contributed by atoms with Crippen molar-refractivity contribution in [1.29, 1.82) is 0 Å². The first-order valence-corrected chi connectivity index (χ1v) is 15.3. The molecule has 0 amide bonds. The van der Waals surface area contributed by atoms with Crippen LogP contribution in [0.25, 0.3) is 64.0 Å². The molecule has 0 aliphatic carbocycles. The third kappa shape index (κ3) is 4.01. The van der Waals surface area contributed by atoms with Gasteiger partial charge in [-0.2, -0.15) is 0 Å². The van der Waals surface area contributed by atoms with E-state index in [-0.39, 0.29) is 0 Å². The molecule has 0 fully saturated rings. The second kappa shape index (κ2) is 9.59. The summed E-state index contributed by atoms with van der Waals surface area (Å²) in [4.78, 5) is 2.31. The minimum Gasteiger partial charge on any atom is -0.456 e. The van der Waals surface area contributed by atoms with Gasteiger partial charge >= 0.3 is 0 Å². The molecule has 0 radical (unpaired) electrons. The summed E-state index contributed by atoms with van der Waals surface area (Å²) in [7, 11) is 0. The highest BCUT2D eigenvalue weighted by Crippen LogP contribution is 2.40. The number of rotatable bonds is 4. The number of fused-ring (bicyclic) bond motifs is 7. The van der Waals surface area contributed by atoms with Gasteiger partial charge in [-0.3, -0.25) is 0 Å². The van der Waals surface area contributed by atoms with Crippen LogP contribution in [-0.2, 0) is 0 Å². The monoisotopic (exact) mass is 567 g/mol. The topological polar surface area (TPSA) is 16.4 Å². The number of benzene rings is 7. The number of hydrogen-bond donors (Lipinski definition) is 0. The Morgan fingerprint density at radius 3 is 1.98 bits per heavy atom. The fourth-order valence-electron chi connectivity index (χ4n) is 6.33. The van der Waals surface area contributed by atoms with Gasteiger partial charge in [0.1, 0.15) is 11.2 Å². The molecular formula is C40H25NOS. The average Bonchev–Trinajstić information content (AvgIpc) is 3.62. The highest BCUT2D eigenvalue weighted by molar-refractivity contribution is 7.25. The lowest BCUT2D eigenvalue weighted by Crippen LogP contribution is -2.09. The summed E-state index contributed by atoms with van der Waals surface area (Å²) in [6, 6.07) is 54.4.